The van der Waals surface area contributed by atoms with E-state index < -0.39 is 0 Å². The molecule has 0 spiro atoms. The van der Waals surface area contributed by atoms with Crippen LogP contribution in [0.5, 0.6) is 0 Å². The van der Waals surface area contributed by atoms with Crippen molar-refractivity contribution in [3.8, 4) is 0 Å². The second-order valence-corrected chi connectivity index (χ2v) is 7.87. The number of hydrogen-bond acceptors (Lipinski definition) is 5. The van der Waals surface area contributed by atoms with Gasteiger partial charge in [-0.1, -0.05) is 18.6 Å². The third kappa shape index (κ3) is 3.75. The molecule has 26 heavy (non-hydrogen) atoms. The van der Waals surface area contributed by atoms with E-state index in [1.54, 1.807) is 10.9 Å². The zero-order valence-electron chi connectivity index (χ0n) is 15.4. The summed E-state index contributed by atoms with van der Waals surface area (Å²) in [5, 5.41) is 11.0. The van der Waals surface area contributed by atoms with Crippen LogP contribution < -0.4 is 5.32 Å². The lowest BCUT2D eigenvalue weighted by Gasteiger charge is -2.40. The van der Waals surface area contributed by atoms with Crippen molar-refractivity contribution in [2.45, 2.75) is 51.1 Å². The van der Waals surface area contributed by atoms with Crippen LogP contribution in [0.4, 0.5) is 0 Å². The van der Waals surface area contributed by atoms with Gasteiger partial charge in [0.25, 0.3) is 5.91 Å². The first-order chi connectivity index (χ1) is 12.6. The van der Waals surface area contributed by atoms with Gasteiger partial charge in [0.2, 0.25) is 5.91 Å². The molecule has 1 aromatic heterocycles. The van der Waals surface area contributed by atoms with E-state index in [9.17, 15) is 9.59 Å². The first kappa shape index (κ1) is 17.5. The summed E-state index contributed by atoms with van der Waals surface area (Å²) in [6.07, 6.45) is 7.15. The summed E-state index contributed by atoms with van der Waals surface area (Å²) < 4.78 is 1.79. The Balaban J connectivity index is 1.18. The number of aromatic nitrogens is 3. The average molecular weight is 360 g/mol. The maximum absolute atomic E-state index is 12.4. The van der Waals surface area contributed by atoms with Gasteiger partial charge >= 0.3 is 0 Å². The predicted molar refractivity (Wildman–Crippen MR) is 95.6 cm³/mol. The van der Waals surface area contributed by atoms with Gasteiger partial charge in [-0.2, -0.15) is 0 Å². The molecule has 1 aromatic rings. The molecule has 8 heteroatoms. The van der Waals surface area contributed by atoms with E-state index >= 15 is 0 Å². The summed E-state index contributed by atoms with van der Waals surface area (Å²) in [5.74, 6) is 0.286. The molecule has 3 heterocycles. The lowest BCUT2D eigenvalue weighted by molar-refractivity contribution is -0.131. The maximum Gasteiger partial charge on any atom is 0.273 e. The van der Waals surface area contributed by atoms with Gasteiger partial charge in [0.05, 0.1) is 24.2 Å². The molecule has 3 aliphatic rings. The molecule has 0 aromatic carbocycles. The van der Waals surface area contributed by atoms with E-state index in [0.29, 0.717) is 17.6 Å². The van der Waals surface area contributed by atoms with E-state index in [0.717, 1.165) is 64.8 Å². The van der Waals surface area contributed by atoms with Gasteiger partial charge in [0.15, 0.2) is 5.69 Å². The van der Waals surface area contributed by atoms with Crippen molar-refractivity contribution < 1.29 is 9.59 Å². The minimum atomic E-state index is -0.149. The number of nitrogens with zero attached hydrogens (tertiary/aromatic N) is 5. The fraction of sp³-hybridized carbons (Fsp3) is 0.778. The minimum Gasteiger partial charge on any atom is -0.345 e. The predicted octanol–water partition coefficient (Wildman–Crippen LogP) is 0.676. The van der Waals surface area contributed by atoms with Gasteiger partial charge in [0, 0.05) is 32.7 Å². The summed E-state index contributed by atoms with van der Waals surface area (Å²) in [6.45, 7) is 6.37. The molecule has 0 bridgehead atoms. The molecule has 2 aliphatic heterocycles. The molecule has 1 aliphatic carbocycles. The van der Waals surface area contributed by atoms with Gasteiger partial charge < -0.3 is 10.2 Å². The number of carbonyl (C=O) groups is 2. The summed E-state index contributed by atoms with van der Waals surface area (Å²) in [7, 11) is 0. The minimum absolute atomic E-state index is 0.127. The number of hydrogen-bond donors (Lipinski definition) is 1. The van der Waals surface area contributed by atoms with Crippen LogP contribution in [0.1, 0.15) is 55.6 Å². The van der Waals surface area contributed by atoms with Gasteiger partial charge in [-0.15, -0.1) is 5.10 Å². The third-order valence-electron chi connectivity index (χ3n) is 5.62. The number of likely N-dealkylation sites (tertiary alicyclic amines) is 2. The maximum atomic E-state index is 12.4. The third-order valence-corrected chi connectivity index (χ3v) is 5.62. The SMILES string of the molecule is CCCCN1CCC(CN2CC(NC(=O)c3cn(C4CC4)nn3)C2)C1=O. The lowest BCUT2D eigenvalue weighted by atomic mass is 10.0. The van der Waals surface area contributed by atoms with Gasteiger partial charge in [-0.3, -0.25) is 14.5 Å². The molecule has 4 rings (SSSR count). The van der Waals surface area contributed by atoms with Crippen molar-refractivity contribution in [1.29, 1.82) is 0 Å². The number of unbranched alkanes of at least 4 members (excludes halogenated alkanes) is 1. The second kappa shape index (κ2) is 7.34. The monoisotopic (exact) mass is 360 g/mol. The van der Waals surface area contributed by atoms with Crippen LogP contribution >= 0.6 is 0 Å². The van der Waals surface area contributed by atoms with E-state index in [2.05, 4.69) is 27.5 Å². The topological polar surface area (TPSA) is 83.4 Å². The highest BCUT2D eigenvalue weighted by molar-refractivity contribution is 5.92. The molecule has 2 amide bonds. The van der Waals surface area contributed by atoms with Crippen LogP contribution in [0.2, 0.25) is 0 Å². The molecular formula is C18H28N6O2. The van der Waals surface area contributed by atoms with Crippen LogP contribution in [0.25, 0.3) is 0 Å². The zero-order valence-corrected chi connectivity index (χ0v) is 15.4. The molecule has 1 atom stereocenters. The Bertz CT molecular complexity index is 664. The highest BCUT2D eigenvalue weighted by atomic mass is 16.2. The average Bonchev–Trinajstić information content (AvgIpc) is 3.23. The van der Waals surface area contributed by atoms with Crippen LogP contribution in [-0.4, -0.2) is 75.4 Å². The zero-order chi connectivity index (χ0) is 18.1. The molecule has 0 radical (unpaired) electrons. The number of rotatable bonds is 8. The van der Waals surface area contributed by atoms with Crippen molar-refractivity contribution in [3.63, 3.8) is 0 Å². The fourth-order valence-corrected chi connectivity index (χ4v) is 3.82. The van der Waals surface area contributed by atoms with E-state index in [1.165, 1.54) is 0 Å². The summed E-state index contributed by atoms with van der Waals surface area (Å²) in [5.41, 5.74) is 0.396. The first-order valence-electron chi connectivity index (χ1n) is 9.88. The fourth-order valence-electron chi connectivity index (χ4n) is 3.82. The Labute approximate surface area is 153 Å². The van der Waals surface area contributed by atoms with Crippen molar-refractivity contribution in [2.24, 2.45) is 5.92 Å². The lowest BCUT2D eigenvalue weighted by Crippen LogP contribution is -2.60. The van der Waals surface area contributed by atoms with Crippen molar-refractivity contribution in [1.82, 2.24) is 30.1 Å². The Morgan fingerprint density at radius 2 is 2.12 bits per heavy atom. The highest BCUT2D eigenvalue weighted by Gasteiger charge is 2.36. The Kier molecular flexibility index (Phi) is 4.93. The highest BCUT2D eigenvalue weighted by Crippen LogP contribution is 2.33. The van der Waals surface area contributed by atoms with Crippen molar-refractivity contribution >= 4 is 11.8 Å². The number of carbonyl (C=O) groups excluding carboxylic acids is 2. The first-order valence-corrected chi connectivity index (χ1v) is 9.88. The number of amides is 2. The molecule has 1 saturated carbocycles. The summed E-state index contributed by atoms with van der Waals surface area (Å²) in [6, 6.07) is 0.574. The van der Waals surface area contributed by atoms with Gasteiger partial charge in [-0.25, -0.2) is 4.68 Å². The molecular weight excluding hydrogens is 332 g/mol. The van der Waals surface area contributed by atoms with Gasteiger partial charge in [-0.05, 0) is 25.7 Å². The molecule has 1 unspecified atom stereocenters. The quantitative estimate of drug-likeness (QED) is 0.737. The van der Waals surface area contributed by atoms with E-state index in [4.69, 9.17) is 0 Å². The normalized spacial score (nSPS) is 24.1. The Morgan fingerprint density at radius 3 is 2.85 bits per heavy atom. The molecule has 3 fully saturated rings. The van der Waals surface area contributed by atoms with Crippen LogP contribution in [0.3, 0.4) is 0 Å². The van der Waals surface area contributed by atoms with E-state index in [1.807, 2.05) is 4.90 Å². The summed E-state index contributed by atoms with van der Waals surface area (Å²) in [4.78, 5) is 28.9. The largest absolute Gasteiger partial charge is 0.345 e. The molecule has 8 nitrogen and oxygen atoms in total. The van der Waals surface area contributed by atoms with Crippen LogP contribution in [-0.2, 0) is 4.79 Å². The van der Waals surface area contributed by atoms with Gasteiger partial charge in [0.1, 0.15) is 0 Å². The smallest absolute Gasteiger partial charge is 0.273 e. The molecule has 1 N–H and O–H groups in total. The molecule has 142 valence electrons. The number of nitrogens with one attached hydrogen (secondary N) is 1. The van der Waals surface area contributed by atoms with Crippen molar-refractivity contribution in [2.75, 3.05) is 32.7 Å². The van der Waals surface area contributed by atoms with Crippen LogP contribution in [0, 0.1) is 5.92 Å². The second-order valence-electron chi connectivity index (χ2n) is 7.87. The van der Waals surface area contributed by atoms with E-state index in [-0.39, 0.29) is 17.9 Å². The Morgan fingerprint density at radius 1 is 1.31 bits per heavy atom. The Hall–Kier alpha value is -1.96. The van der Waals surface area contributed by atoms with Crippen LogP contribution in [0.15, 0.2) is 6.20 Å². The standard InChI is InChI=1S/C18H28N6O2/c1-2-3-7-23-8-6-13(18(23)26)9-22-10-14(11-22)19-17(25)16-12-24(21-20-16)15-4-5-15/h12-15H,2-11H2,1H3,(H,19,25). The molecule has 2 saturated heterocycles. The summed E-state index contributed by atoms with van der Waals surface area (Å²) >= 11 is 0. The van der Waals surface area contributed by atoms with Crippen molar-refractivity contribution in [3.05, 3.63) is 11.9 Å².